The fourth-order valence-corrected chi connectivity index (χ4v) is 2.87. The van der Waals surface area contributed by atoms with Crippen LogP contribution in [0.25, 0.3) is 0 Å². The van der Waals surface area contributed by atoms with E-state index >= 15 is 0 Å². The van der Waals surface area contributed by atoms with Crippen molar-refractivity contribution in [2.45, 2.75) is 12.8 Å². The number of carbonyl (C=O) groups is 1. The highest BCUT2D eigenvalue weighted by atomic mass is 16.5. The van der Waals surface area contributed by atoms with E-state index in [9.17, 15) is 9.90 Å². The summed E-state index contributed by atoms with van der Waals surface area (Å²) < 4.78 is 16.2. The summed E-state index contributed by atoms with van der Waals surface area (Å²) >= 11 is 0. The van der Waals surface area contributed by atoms with E-state index in [0.29, 0.717) is 22.8 Å². The van der Waals surface area contributed by atoms with Crippen LogP contribution in [0.5, 0.6) is 23.0 Å². The Morgan fingerprint density at radius 1 is 1.22 bits per heavy atom. The van der Waals surface area contributed by atoms with Crippen molar-refractivity contribution >= 4 is 5.78 Å². The monoisotopic (exact) mass is 314 g/mol. The average molecular weight is 314 g/mol. The minimum absolute atomic E-state index is 0.125. The van der Waals surface area contributed by atoms with Crippen LogP contribution in [0, 0.1) is 6.92 Å². The molecule has 1 heterocycles. The first-order chi connectivity index (χ1) is 11.1. The predicted molar refractivity (Wildman–Crippen MR) is 85.0 cm³/mol. The van der Waals surface area contributed by atoms with E-state index in [-0.39, 0.29) is 23.7 Å². The Labute approximate surface area is 134 Å². The SMILES string of the molecule is COc1cccc(C2COc3c(C)c(OC)cc(O)c3C2=O)c1. The number of Topliss-reactive ketones (excluding diaryl/α,β-unsaturated/α-hetero) is 1. The number of hydrogen-bond acceptors (Lipinski definition) is 5. The van der Waals surface area contributed by atoms with Crippen LogP contribution in [0.15, 0.2) is 30.3 Å². The minimum Gasteiger partial charge on any atom is -0.507 e. The van der Waals surface area contributed by atoms with Crippen molar-refractivity contribution in [1.29, 1.82) is 0 Å². The molecular formula is C18H18O5. The summed E-state index contributed by atoms with van der Waals surface area (Å²) in [6.07, 6.45) is 0. The number of hydrogen-bond donors (Lipinski definition) is 1. The molecule has 0 saturated heterocycles. The Kier molecular flexibility index (Phi) is 3.86. The van der Waals surface area contributed by atoms with E-state index in [1.54, 1.807) is 14.0 Å². The number of fused-ring (bicyclic) bond motifs is 1. The van der Waals surface area contributed by atoms with Gasteiger partial charge in [0.2, 0.25) is 0 Å². The Bertz CT molecular complexity index is 766. The summed E-state index contributed by atoms with van der Waals surface area (Å²) in [5, 5.41) is 10.2. The summed E-state index contributed by atoms with van der Waals surface area (Å²) in [6.45, 7) is 2.02. The van der Waals surface area contributed by atoms with E-state index in [2.05, 4.69) is 0 Å². The molecule has 0 bridgehead atoms. The van der Waals surface area contributed by atoms with Crippen LogP contribution in [-0.4, -0.2) is 31.7 Å². The van der Waals surface area contributed by atoms with Crippen molar-refractivity contribution in [2.24, 2.45) is 0 Å². The van der Waals surface area contributed by atoms with Gasteiger partial charge in [-0.1, -0.05) is 12.1 Å². The van der Waals surface area contributed by atoms with Gasteiger partial charge in [-0.05, 0) is 24.6 Å². The molecule has 1 aliphatic rings. The second-order valence-corrected chi connectivity index (χ2v) is 5.43. The number of ether oxygens (including phenoxy) is 3. The van der Waals surface area contributed by atoms with E-state index in [0.717, 1.165) is 5.56 Å². The van der Waals surface area contributed by atoms with Crippen LogP contribution in [0.2, 0.25) is 0 Å². The lowest BCUT2D eigenvalue weighted by atomic mass is 9.87. The topological polar surface area (TPSA) is 65.0 Å². The Morgan fingerprint density at radius 2 is 2.00 bits per heavy atom. The zero-order chi connectivity index (χ0) is 16.6. The first-order valence-corrected chi connectivity index (χ1v) is 7.28. The molecule has 1 N–H and O–H groups in total. The van der Waals surface area contributed by atoms with E-state index in [4.69, 9.17) is 14.2 Å². The maximum Gasteiger partial charge on any atom is 0.181 e. The second-order valence-electron chi connectivity index (χ2n) is 5.43. The highest BCUT2D eigenvalue weighted by Crippen LogP contribution is 2.43. The largest absolute Gasteiger partial charge is 0.507 e. The molecule has 5 nitrogen and oxygen atoms in total. The van der Waals surface area contributed by atoms with Crippen molar-refractivity contribution in [2.75, 3.05) is 20.8 Å². The lowest BCUT2D eigenvalue weighted by Crippen LogP contribution is -2.26. The molecule has 0 fully saturated rings. The minimum atomic E-state index is -0.476. The number of phenolic OH excluding ortho intramolecular Hbond substituents is 1. The van der Waals surface area contributed by atoms with Gasteiger partial charge in [0.1, 0.15) is 35.2 Å². The summed E-state index contributed by atoms with van der Waals surface area (Å²) in [6, 6.07) is 8.76. The molecule has 23 heavy (non-hydrogen) atoms. The molecule has 0 aliphatic carbocycles. The summed E-state index contributed by atoms with van der Waals surface area (Å²) in [7, 11) is 3.09. The van der Waals surface area contributed by atoms with Crippen LogP contribution in [-0.2, 0) is 0 Å². The summed E-state index contributed by atoms with van der Waals surface area (Å²) in [5.41, 5.74) is 1.72. The van der Waals surface area contributed by atoms with Crippen LogP contribution >= 0.6 is 0 Å². The highest BCUT2D eigenvalue weighted by Gasteiger charge is 2.34. The van der Waals surface area contributed by atoms with Crippen molar-refractivity contribution in [3.8, 4) is 23.0 Å². The molecule has 0 radical (unpaired) electrons. The molecule has 0 aromatic heterocycles. The molecule has 2 aromatic carbocycles. The number of aromatic hydroxyl groups is 1. The third-order valence-corrected chi connectivity index (χ3v) is 4.13. The van der Waals surface area contributed by atoms with Gasteiger partial charge in [0, 0.05) is 11.6 Å². The van der Waals surface area contributed by atoms with Gasteiger partial charge in [-0.15, -0.1) is 0 Å². The Balaban J connectivity index is 2.05. The predicted octanol–water partition coefficient (Wildman–Crippen LogP) is 3.08. The fraction of sp³-hybridized carbons (Fsp3) is 0.278. The summed E-state index contributed by atoms with van der Waals surface area (Å²) in [4.78, 5) is 12.9. The summed E-state index contributed by atoms with van der Waals surface area (Å²) in [5.74, 6) is 0.801. The second kappa shape index (κ2) is 5.83. The maximum absolute atomic E-state index is 12.9. The van der Waals surface area contributed by atoms with E-state index in [1.807, 2.05) is 24.3 Å². The van der Waals surface area contributed by atoms with Gasteiger partial charge in [-0.3, -0.25) is 4.79 Å². The number of carbonyl (C=O) groups excluding carboxylic acids is 1. The molecule has 2 aromatic rings. The van der Waals surface area contributed by atoms with Gasteiger partial charge in [0.25, 0.3) is 0 Å². The number of phenols is 1. The van der Waals surface area contributed by atoms with Crippen LogP contribution in [0.1, 0.15) is 27.4 Å². The average Bonchev–Trinajstić information content (AvgIpc) is 2.57. The normalized spacial score (nSPS) is 16.5. The molecule has 3 rings (SSSR count). The maximum atomic E-state index is 12.9. The fourth-order valence-electron chi connectivity index (χ4n) is 2.87. The molecule has 0 spiro atoms. The molecule has 0 amide bonds. The first kappa shape index (κ1) is 15.2. The molecule has 120 valence electrons. The number of benzene rings is 2. The zero-order valence-electron chi connectivity index (χ0n) is 13.3. The first-order valence-electron chi connectivity index (χ1n) is 7.28. The van der Waals surface area contributed by atoms with Crippen molar-refractivity contribution in [1.82, 2.24) is 0 Å². The molecule has 1 aliphatic heterocycles. The zero-order valence-corrected chi connectivity index (χ0v) is 13.3. The van der Waals surface area contributed by atoms with Gasteiger partial charge < -0.3 is 19.3 Å². The molecule has 1 unspecified atom stereocenters. The van der Waals surface area contributed by atoms with Crippen LogP contribution < -0.4 is 14.2 Å². The van der Waals surface area contributed by atoms with Gasteiger partial charge in [0.05, 0.1) is 20.1 Å². The van der Waals surface area contributed by atoms with Crippen molar-refractivity contribution in [3.05, 3.63) is 47.0 Å². The molecule has 1 atom stereocenters. The lowest BCUT2D eigenvalue weighted by molar-refractivity contribution is 0.0891. The lowest BCUT2D eigenvalue weighted by Gasteiger charge is -2.27. The van der Waals surface area contributed by atoms with Gasteiger partial charge in [-0.25, -0.2) is 0 Å². The smallest absolute Gasteiger partial charge is 0.181 e. The quantitative estimate of drug-likeness (QED) is 0.943. The van der Waals surface area contributed by atoms with Crippen molar-refractivity contribution < 1.29 is 24.1 Å². The van der Waals surface area contributed by atoms with Crippen molar-refractivity contribution in [3.63, 3.8) is 0 Å². The molecular weight excluding hydrogens is 296 g/mol. The van der Waals surface area contributed by atoms with Crippen LogP contribution in [0.4, 0.5) is 0 Å². The molecule has 5 heteroatoms. The van der Waals surface area contributed by atoms with Gasteiger partial charge in [-0.2, -0.15) is 0 Å². The van der Waals surface area contributed by atoms with E-state index in [1.165, 1.54) is 13.2 Å². The number of ketones is 1. The Morgan fingerprint density at radius 3 is 2.70 bits per heavy atom. The van der Waals surface area contributed by atoms with Gasteiger partial charge >= 0.3 is 0 Å². The number of methoxy groups -OCH3 is 2. The highest BCUT2D eigenvalue weighted by molar-refractivity contribution is 6.07. The third-order valence-electron chi connectivity index (χ3n) is 4.13. The molecule has 0 saturated carbocycles. The Hall–Kier alpha value is -2.69. The van der Waals surface area contributed by atoms with Gasteiger partial charge in [0.15, 0.2) is 5.78 Å². The number of rotatable bonds is 3. The van der Waals surface area contributed by atoms with E-state index < -0.39 is 5.92 Å². The van der Waals surface area contributed by atoms with Crippen LogP contribution in [0.3, 0.4) is 0 Å². The third kappa shape index (κ3) is 2.48. The standard InChI is InChI=1S/C18H18O5/c1-10-15(22-3)8-14(19)16-17(20)13(9-23-18(10)16)11-5-4-6-12(7-11)21-2/h4-8,13,19H,9H2,1-3H3.